The minimum Gasteiger partial charge on any atom is -0.348 e. The standard InChI is InChI=1S/C9H16O3/c1-9(2)11-7-8(12-9)5-3-4-6-10/h6,8H,3-5,7H2,1-2H3/t8-/m0/s1. The monoisotopic (exact) mass is 172 g/mol. The summed E-state index contributed by atoms with van der Waals surface area (Å²) in [6.07, 6.45) is 3.57. The van der Waals surface area contributed by atoms with Crippen LogP contribution in [0.15, 0.2) is 0 Å². The zero-order valence-corrected chi connectivity index (χ0v) is 7.71. The van der Waals surface area contributed by atoms with Crippen LogP contribution < -0.4 is 0 Å². The summed E-state index contributed by atoms with van der Waals surface area (Å²) < 4.78 is 10.9. The predicted molar refractivity (Wildman–Crippen MR) is 44.8 cm³/mol. The van der Waals surface area contributed by atoms with Gasteiger partial charge in [0, 0.05) is 6.42 Å². The molecule has 12 heavy (non-hydrogen) atoms. The minimum absolute atomic E-state index is 0.181. The molecule has 0 aromatic rings. The molecule has 0 spiro atoms. The quantitative estimate of drug-likeness (QED) is 0.476. The number of aldehydes is 1. The molecule has 0 unspecified atom stereocenters. The zero-order chi connectivity index (χ0) is 9.03. The highest BCUT2D eigenvalue weighted by Gasteiger charge is 2.31. The van der Waals surface area contributed by atoms with Gasteiger partial charge in [-0.1, -0.05) is 0 Å². The van der Waals surface area contributed by atoms with Crippen LogP contribution >= 0.6 is 0 Å². The van der Waals surface area contributed by atoms with Gasteiger partial charge in [0.05, 0.1) is 12.7 Å². The Morgan fingerprint density at radius 3 is 2.83 bits per heavy atom. The summed E-state index contributed by atoms with van der Waals surface area (Å²) in [7, 11) is 0. The lowest BCUT2D eigenvalue weighted by Crippen LogP contribution is -2.21. The zero-order valence-electron chi connectivity index (χ0n) is 7.71. The molecule has 1 atom stereocenters. The van der Waals surface area contributed by atoms with E-state index in [1.807, 2.05) is 13.8 Å². The van der Waals surface area contributed by atoms with Crippen LogP contribution in [0, 0.1) is 0 Å². The Labute approximate surface area is 73.0 Å². The van der Waals surface area contributed by atoms with Crippen molar-refractivity contribution in [2.45, 2.75) is 45.0 Å². The van der Waals surface area contributed by atoms with Crippen molar-refractivity contribution in [2.75, 3.05) is 6.61 Å². The van der Waals surface area contributed by atoms with Gasteiger partial charge in [0.15, 0.2) is 5.79 Å². The Morgan fingerprint density at radius 1 is 1.58 bits per heavy atom. The van der Waals surface area contributed by atoms with Gasteiger partial charge in [-0.2, -0.15) is 0 Å². The van der Waals surface area contributed by atoms with Crippen LogP contribution in [0.5, 0.6) is 0 Å². The SMILES string of the molecule is CC1(C)OC[C@H](CCCC=O)O1. The van der Waals surface area contributed by atoms with Crippen molar-refractivity contribution in [3.63, 3.8) is 0 Å². The molecule has 0 radical (unpaired) electrons. The second-order valence-electron chi connectivity index (χ2n) is 3.55. The molecular weight excluding hydrogens is 156 g/mol. The molecule has 1 aliphatic heterocycles. The molecule has 1 aliphatic rings. The summed E-state index contributed by atoms with van der Waals surface area (Å²) in [4.78, 5) is 10.0. The number of unbranched alkanes of at least 4 members (excludes halogenated alkanes) is 1. The smallest absolute Gasteiger partial charge is 0.163 e. The Bertz CT molecular complexity index is 154. The number of hydrogen-bond donors (Lipinski definition) is 0. The van der Waals surface area contributed by atoms with Gasteiger partial charge in [-0.05, 0) is 26.7 Å². The van der Waals surface area contributed by atoms with Crippen LogP contribution in [0.4, 0.5) is 0 Å². The summed E-state index contributed by atoms with van der Waals surface area (Å²) >= 11 is 0. The number of carbonyl (C=O) groups excluding carboxylic acids is 1. The fraction of sp³-hybridized carbons (Fsp3) is 0.889. The molecule has 1 fully saturated rings. The molecule has 0 aromatic carbocycles. The van der Waals surface area contributed by atoms with E-state index in [2.05, 4.69) is 0 Å². The Hall–Kier alpha value is -0.410. The molecule has 0 bridgehead atoms. The first-order chi connectivity index (χ1) is 5.64. The van der Waals surface area contributed by atoms with Gasteiger partial charge in [0.1, 0.15) is 6.29 Å². The molecule has 0 aliphatic carbocycles. The summed E-state index contributed by atoms with van der Waals surface area (Å²) in [5, 5.41) is 0. The van der Waals surface area contributed by atoms with Crippen LogP contribution in [0.3, 0.4) is 0 Å². The number of rotatable bonds is 4. The molecule has 3 heteroatoms. The molecule has 0 N–H and O–H groups in total. The number of carbonyl (C=O) groups is 1. The lowest BCUT2D eigenvalue weighted by molar-refractivity contribution is -0.139. The van der Waals surface area contributed by atoms with Gasteiger partial charge in [-0.3, -0.25) is 0 Å². The average Bonchev–Trinajstić information content (AvgIpc) is 2.31. The van der Waals surface area contributed by atoms with Crippen molar-refractivity contribution >= 4 is 6.29 Å². The highest BCUT2D eigenvalue weighted by molar-refractivity contribution is 5.48. The topological polar surface area (TPSA) is 35.5 Å². The molecule has 1 heterocycles. The molecule has 1 saturated heterocycles. The van der Waals surface area contributed by atoms with Gasteiger partial charge in [0.25, 0.3) is 0 Å². The second kappa shape index (κ2) is 4.01. The van der Waals surface area contributed by atoms with Gasteiger partial charge < -0.3 is 14.3 Å². The lowest BCUT2D eigenvalue weighted by Gasteiger charge is -2.16. The van der Waals surface area contributed by atoms with Crippen LogP contribution in [0.25, 0.3) is 0 Å². The van der Waals surface area contributed by atoms with Crippen molar-refractivity contribution in [2.24, 2.45) is 0 Å². The number of ether oxygens (including phenoxy) is 2. The normalized spacial score (nSPS) is 27.3. The molecule has 0 saturated carbocycles. The van der Waals surface area contributed by atoms with E-state index in [-0.39, 0.29) is 6.10 Å². The summed E-state index contributed by atoms with van der Waals surface area (Å²) in [5.41, 5.74) is 0. The van der Waals surface area contributed by atoms with Gasteiger partial charge in [-0.15, -0.1) is 0 Å². The van der Waals surface area contributed by atoms with E-state index in [9.17, 15) is 4.79 Å². The van der Waals surface area contributed by atoms with Gasteiger partial charge in [-0.25, -0.2) is 0 Å². The first-order valence-electron chi connectivity index (χ1n) is 4.39. The Morgan fingerprint density at radius 2 is 2.33 bits per heavy atom. The lowest BCUT2D eigenvalue weighted by atomic mass is 10.2. The summed E-state index contributed by atoms with van der Waals surface area (Å²) in [6.45, 7) is 4.48. The van der Waals surface area contributed by atoms with E-state index in [0.717, 1.165) is 19.1 Å². The van der Waals surface area contributed by atoms with E-state index in [1.165, 1.54) is 0 Å². The van der Waals surface area contributed by atoms with Gasteiger partial charge >= 0.3 is 0 Å². The molecular formula is C9H16O3. The van der Waals surface area contributed by atoms with Crippen molar-refractivity contribution < 1.29 is 14.3 Å². The predicted octanol–water partition coefficient (Wildman–Crippen LogP) is 1.51. The third-order valence-electron chi connectivity index (χ3n) is 1.92. The fourth-order valence-electron chi connectivity index (χ4n) is 1.33. The second-order valence-corrected chi connectivity index (χ2v) is 3.55. The first kappa shape index (κ1) is 9.68. The van der Waals surface area contributed by atoms with Crippen molar-refractivity contribution in [1.82, 2.24) is 0 Å². The highest BCUT2D eigenvalue weighted by atomic mass is 16.7. The van der Waals surface area contributed by atoms with E-state index < -0.39 is 5.79 Å². The van der Waals surface area contributed by atoms with E-state index in [4.69, 9.17) is 9.47 Å². The van der Waals surface area contributed by atoms with E-state index in [1.54, 1.807) is 0 Å². The maximum Gasteiger partial charge on any atom is 0.163 e. The van der Waals surface area contributed by atoms with Crippen molar-refractivity contribution in [3.05, 3.63) is 0 Å². The molecule has 1 rings (SSSR count). The molecule has 3 nitrogen and oxygen atoms in total. The van der Waals surface area contributed by atoms with Gasteiger partial charge in [0.2, 0.25) is 0 Å². The van der Waals surface area contributed by atoms with Crippen LogP contribution in [-0.4, -0.2) is 24.8 Å². The summed E-state index contributed by atoms with van der Waals surface area (Å²) in [6, 6.07) is 0. The van der Waals surface area contributed by atoms with Crippen molar-refractivity contribution in [3.8, 4) is 0 Å². The maximum atomic E-state index is 10.0. The highest BCUT2D eigenvalue weighted by Crippen LogP contribution is 2.24. The molecule has 0 aromatic heterocycles. The van der Waals surface area contributed by atoms with Crippen LogP contribution in [0.2, 0.25) is 0 Å². The van der Waals surface area contributed by atoms with E-state index >= 15 is 0 Å². The Balaban J connectivity index is 2.15. The Kier molecular flexibility index (Phi) is 3.23. The van der Waals surface area contributed by atoms with E-state index in [0.29, 0.717) is 13.0 Å². The molecule has 0 amide bonds. The van der Waals surface area contributed by atoms with Crippen LogP contribution in [0.1, 0.15) is 33.1 Å². The van der Waals surface area contributed by atoms with Crippen molar-refractivity contribution in [1.29, 1.82) is 0 Å². The third kappa shape index (κ3) is 2.91. The largest absolute Gasteiger partial charge is 0.348 e. The minimum atomic E-state index is -0.425. The summed E-state index contributed by atoms with van der Waals surface area (Å²) in [5.74, 6) is -0.425. The fourth-order valence-corrected chi connectivity index (χ4v) is 1.33. The maximum absolute atomic E-state index is 10.0. The molecule has 70 valence electrons. The number of hydrogen-bond acceptors (Lipinski definition) is 3. The van der Waals surface area contributed by atoms with Crippen LogP contribution in [-0.2, 0) is 14.3 Å². The first-order valence-corrected chi connectivity index (χ1v) is 4.39. The third-order valence-corrected chi connectivity index (χ3v) is 1.92. The average molecular weight is 172 g/mol.